The maximum absolute atomic E-state index is 10.5. The Labute approximate surface area is 166 Å². The van der Waals surface area contributed by atoms with Gasteiger partial charge in [-0.2, -0.15) is 8.87 Å². The Morgan fingerprint density at radius 1 is 1.04 bits per heavy atom. The molecule has 0 aromatic heterocycles. The second-order valence-corrected chi connectivity index (χ2v) is 8.54. The number of nitrogens with zero attached hydrogens (tertiary/aromatic N) is 3. The van der Waals surface area contributed by atoms with E-state index >= 15 is 0 Å². The van der Waals surface area contributed by atoms with E-state index in [1.807, 2.05) is 31.2 Å². The van der Waals surface area contributed by atoms with Crippen molar-refractivity contribution in [2.45, 2.75) is 52.0 Å². The third-order valence-electron chi connectivity index (χ3n) is 5.84. The number of hydrogen-bond acceptors (Lipinski definition) is 4. The van der Waals surface area contributed by atoms with E-state index in [-0.39, 0.29) is 0 Å². The Morgan fingerprint density at radius 3 is 2.33 bits per heavy atom. The molecule has 0 amide bonds. The molecule has 2 aliphatic rings. The molecule has 1 spiro atoms. The van der Waals surface area contributed by atoms with Crippen molar-refractivity contribution in [3.8, 4) is 0 Å². The lowest BCUT2D eigenvalue weighted by atomic mass is 10.0. The highest BCUT2D eigenvalue weighted by Crippen LogP contribution is 2.50. The molecule has 2 aromatic rings. The quantitative estimate of drug-likeness (QED) is 0.331. The van der Waals surface area contributed by atoms with Crippen molar-refractivity contribution in [3.05, 3.63) is 64.7 Å². The highest BCUT2D eigenvalue weighted by molar-refractivity contribution is 7.99. The van der Waals surface area contributed by atoms with Crippen LogP contribution in [0.15, 0.2) is 46.9 Å². The molecule has 1 aliphatic carbocycles. The van der Waals surface area contributed by atoms with Gasteiger partial charge in [-0.25, -0.2) is 0 Å². The van der Waals surface area contributed by atoms with Gasteiger partial charge in [0.25, 0.3) is 0 Å². The lowest BCUT2D eigenvalue weighted by Crippen LogP contribution is -2.38. The molecular formula is C22H27N3OS. The summed E-state index contributed by atoms with van der Waals surface area (Å²) < 4.78 is 6.02. The lowest BCUT2D eigenvalue weighted by molar-refractivity contribution is 0.332. The number of benzene rings is 2. The van der Waals surface area contributed by atoms with Crippen molar-refractivity contribution in [1.29, 1.82) is 0 Å². The molecule has 2 fully saturated rings. The highest BCUT2D eigenvalue weighted by Gasteiger charge is 2.52. The molecule has 1 aliphatic heterocycles. The van der Waals surface area contributed by atoms with Crippen molar-refractivity contribution >= 4 is 23.7 Å². The topological polar surface area (TPSA) is 39.1 Å². The van der Waals surface area contributed by atoms with Crippen molar-refractivity contribution in [1.82, 2.24) is 4.90 Å². The second kappa shape index (κ2) is 7.21. The Balaban J connectivity index is 1.67. The minimum atomic E-state index is 0.304. The van der Waals surface area contributed by atoms with E-state index in [0.717, 1.165) is 34.7 Å². The molecule has 4 rings (SSSR count). The standard InChI is InChI=1S/C22H27N3OS/c1-16-8-10-19(11-9-16)25(26)27-23-21(20-17(2)6-4-7-18(20)3)24-15-5-12-22(24)13-14-22/h4,6-11,26H,5,12-15H2,1-3H3/b23-21-. The molecule has 0 radical (unpaired) electrons. The molecule has 1 N–H and O–H groups in total. The van der Waals surface area contributed by atoms with E-state index in [1.165, 1.54) is 47.9 Å². The summed E-state index contributed by atoms with van der Waals surface area (Å²) in [5.41, 5.74) is 5.88. The summed E-state index contributed by atoms with van der Waals surface area (Å²) in [7, 11) is 0. The minimum absolute atomic E-state index is 0.304. The predicted molar refractivity (Wildman–Crippen MR) is 113 cm³/mol. The van der Waals surface area contributed by atoms with Gasteiger partial charge in [0.2, 0.25) is 0 Å². The summed E-state index contributed by atoms with van der Waals surface area (Å²) in [6.45, 7) is 7.38. The summed E-state index contributed by atoms with van der Waals surface area (Å²) in [6.07, 6.45) is 4.97. The predicted octanol–water partition coefficient (Wildman–Crippen LogP) is 5.45. The van der Waals surface area contributed by atoms with Crippen LogP contribution >= 0.6 is 12.1 Å². The largest absolute Gasteiger partial charge is 0.350 e. The van der Waals surface area contributed by atoms with Gasteiger partial charge in [-0.15, -0.1) is 0 Å². The average molecular weight is 382 g/mol. The van der Waals surface area contributed by atoms with Crippen molar-refractivity contribution < 1.29 is 5.21 Å². The first-order chi connectivity index (χ1) is 13.0. The van der Waals surface area contributed by atoms with Gasteiger partial charge in [-0.05, 0) is 69.7 Å². The van der Waals surface area contributed by atoms with Crippen LogP contribution in [0.4, 0.5) is 5.69 Å². The highest BCUT2D eigenvalue weighted by atomic mass is 32.2. The Morgan fingerprint density at radius 2 is 1.70 bits per heavy atom. The van der Waals surface area contributed by atoms with Gasteiger partial charge < -0.3 is 4.90 Å². The van der Waals surface area contributed by atoms with Crippen LogP contribution in [0, 0.1) is 20.8 Å². The van der Waals surface area contributed by atoms with Gasteiger partial charge in [-0.1, -0.05) is 35.9 Å². The molecule has 1 saturated heterocycles. The van der Waals surface area contributed by atoms with E-state index in [1.54, 1.807) is 0 Å². The first-order valence-electron chi connectivity index (χ1n) is 9.65. The van der Waals surface area contributed by atoms with Crippen LogP contribution < -0.4 is 4.47 Å². The zero-order valence-corrected chi connectivity index (χ0v) is 17.1. The number of hydrogen-bond donors (Lipinski definition) is 1. The smallest absolute Gasteiger partial charge is 0.147 e. The minimum Gasteiger partial charge on any atom is -0.350 e. The number of anilines is 1. The number of amidine groups is 1. The molecular weight excluding hydrogens is 354 g/mol. The maximum atomic E-state index is 10.5. The van der Waals surface area contributed by atoms with E-state index in [9.17, 15) is 5.21 Å². The summed E-state index contributed by atoms with van der Waals surface area (Å²) in [5.74, 6) is 1.01. The SMILES string of the molecule is Cc1ccc(N(O)S/N=C(/c2c(C)cccc2C)N2CCCC23CC3)cc1. The van der Waals surface area contributed by atoms with E-state index < -0.39 is 0 Å². The number of aryl methyl sites for hydroxylation is 3. The molecule has 0 unspecified atom stereocenters. The van der Waals surface area contributed by atoms with Crippen molar-refractivity contribution in [3.63, 3.8) is 0 Å². The zero-order valence-electron chi connectivity index (χ0n) is 16.3. The van der Waals surface area contributed by atoms with E-state index in [2.05, 4.69) is 36.9 Å². The monoisotopic (exact) mass is 381 g/mol. The molecule has 0 atom stereocenters. The van der Waals surface area contributed by atoms with Crippen molar-refractivity contribution in [2.75, 3.05) is 11.0 Å². The molecule has 2 aromatic carbocycles. The normalized spacial score (nSPS) is 18.2. The first-order valence-corrected chi connectivity index (χ1v) is 10.4. The molecule has 142 valence electrons. The third kappa shape index (κ3) is 3.58. The Kier molecular flexibility index (Phi) is 4.91. The van der Waals surface area contributed by atoms with Gasteiger partial charge in [0.1, 0.15) is 18.0 Å². The van der Waals surface area contributed by atoms with Gasteiger partial charge in [0.15, 0.2) is 0 Å². The fraction of sp³-hybridized carbons (Fsp3) is 0.409. The van der Waals surface area contributed by atoms with Gasteiger partial charge >= 0.3 is 0 Å². The van der Waals surface area contributed by atoms with E-state index in [0.29, 0.717) is 5.54 Å². The molecule has 1 heterocycles. The van der Waals surface area contributed by atoms with Gasteiger partial charge in [0.05, 0.1) is 5.69 Å². The fourth-order valence-electron chi connectivity index (χ4n) is 4.13. The Hall–Kier alpha value is -1.98. The van der Waals surface area contributed by atoms with Gasteiger partial charge in [-0.3, -0.25) is 5.21 Å². The van der Waals surface area contributed by atoms with Crippen LogP contribution in [0.1, 0.15) is 47.9 Å². The summed E-state index contributed by atoms with van der Waals surface area (Å²) >= 11 is 1.11. The second-order valence-electron chi connectivity index (χ2n) is 7.85. The molecule has 4 nitrogen and oxygen atoms in total. The van der Waals surface area contributed by atoms with Crippen LogP contribution in [-0.2, 0) is 0 Å². The maximum Gasteiger partial charge on any atom is 0.147 e. The molecule has 0 bridgehead atoms. The zero-order chi connectivity index (χ0) is 19.0. The van der Waals surface area contributed by atoms with Crippen LogP contribution in [0.5, 0.6) is 0 Å². The van der Waals surface area contributed by atoms with Gasteiger partial charge in [0, 0.05) is 17.6 Å². The third-order valence-corrected chi connectivity index (χ3v) is 6.46. The summed E-state index contributed by atoms with van der Waals surface area (Å²) in [4.78, 5) is 2.50. The Bertz CT molecular complexity index is 838. The number of rotatable bonds is 4. The first kappa shape index (κ1) is 18.4. The van der Waals surface area contributed by atoms with Crippen LogP contribution in [-0.4, -0.2) is 28.0 Å². The summed E-state index contributed by atoms with van der Waals surface area (Å²) in [5, 5.41) is 10.5. The lowest BCUT2D eigenvalue weighted by Gasteiger charge is -2.30. The summed E-state index contributed by atoms with van der Waals surface area (Å²) in [6, 6.07) is 14.2. The van der Waals surface area contributed by atoms with Crippen LogP contribution in [0.25, 0.3) is 0 Å². The van der Waals surface area contributed by atoms with Crippen LogP contribution in [0.2, 0.25) is 0 Å². The number of likely N-dealkylation sites (tertiary alicyclic amines) is 1. The van der Waals surface area contributed by atoms with Crippen LogP contribution in [0.3, 0.4) is 0 Å². The fourth-order valence-corrected chi connectivity index (χ4v) is 4.69. The van der Waals surface area contributed by atoms with Crippen molar-refractivity contribution in [2.24, 2.45) is 4.40 Å². The molecule has 1 saturated carbocycles. The molecule has 27 heavy (non-hydrogen) atoms. The van der Waals surface area contributed by atoms with E-state index in [4.69, 9.17) is 4.40 Å². The molecule has 5 heteroatoms. The average Bonchev–Trinajstić information content (AvgIpc) is 3.30.